The van der Waals surface area contributed by atoms with Gasteiger partial charge in [0.05, 0.1) is 5.60 Å². The number of likely N-dealkylation sites (N-methyl/N-ethyl adjacent to an activating group) is 1. The van der Waals surface area contributed by atoms with E-state index in [4.69, 9.17) is 0 Å². The van der Waals surface area contributed by atoms with Gasteiger partial charge in [-0.05, 0) is 69.7 Å². The standard InChI is InChI=1S/C28H41N3O3/c1-21-12-14-23(15-13-21)25-10-4-5-11-26(25)28(34,16-6-7-18-32)24-9-8-17-31(20-24)27(33)30-22(2)19-29-3/h4-5,10-15,22,24,29,32,34H,6-9,16-20H2,1-3H3,(H,30,33)/t22-,24+,28-/m0/s1. The second-order valence-electron chi connectivity index (χ2n) is 9.71. The highest BCUT2D eigenvalue weighted by Gasteiger charge is 2.42. The number of carbonyl (C=O) groups is 1. The Hall–Kier alpha value is -2.41. The number of hydrogen-bond acceptors (Lipinski definition) is 4. The summed E-state index contributed by atoms with van der Waals surface area (Å²) in [5, 5.41) is 27.9. The number of amides is 2. The molecule has 6 heteroatoms. The molecule has 2 aromatic carbocycles. The lowest BCUT2D eigenvalue weighted by Crippen LogP contribution is -2.53. The third kappa shape index (κ3) is 6.38. The second kappa shape index (κ2) is 12.3. The highest BCUT2D eigenvalue weighted by atomic mass is 16.3. The average molecular weight is 468 g/mol. The van der Waals surface area contributed by atoms with Crippen LogP contribution >= 0.6 is 0 Å². The largest absolute Gasteiger partial charge is 0.396 e. The number of unbranched alkanes of at least 4 members (excludes halogenated alkanes) is 1. The molecule has 0 aromatic heterocycles. The summed E-state index contributed by atoms with van der Waals surface area (Å²) >= 11 is 0. The van der Waals surface area contributed by atoms with Crippen molar-refractivity contribution in [3.8, 4) is 11.1 Å². The Kier molecular flexibility index (Phi) is 9.51. The zero-order valence-corrected chi connectivity index (χ0v) is 20.9. The minimum absolute atomic E-state index is 0.0311. The van der Waals surface area contributed by atoms with Crippen LogP contribution in [0.3, 0.4) is 0 Å². The Bertz CT molecular complexity index is 917. The van der Waals surface area contributed by atoms with Gasteiger partial charge in [0.25, 0.3) is 0 Å². The molecule has 0 radical (unpaired) electrons. The van der Waals surface area contributed by atoms with Gasteiger partial charge in [0.1, 0.15) is 0 Å². The van der Waals surface area contributed by atoms with Gasteiger partial charge in [-0.15, -0.1) is 0 Å². The topological polar surface area (TPSA) is 84.8 Å². The predicted octanol–water partition coefficient (Wildman–Crippen LogP) is 4.04. The smallest absolute Gasteiger partial charge is 0.317 e. The number of benzene rings is 2. The molecule has 2 amide bonds. The van der Waals surface area contributed by atoms with Gasteiger partial charge in [0.15, 0.2) is 0 Å². The third-order valence-corrected chi connectivity index (χ3v) is 6.99. The van der Waals surface area contributed by atoms with Crippen molar-refractivity contribution in [2.24, 2.45) is 5.92 Å². The molecule has 1 heterocycles. The van der Waals surface area contributed by atoms with Gasteiger partial charge in [-0.2, -0.15) is 0 Å². The molecule has 0 saturated carbocycles. The first kappa shape index (κ1) is 26.2. The summed E-state index contributed by atoms with van der Waals surface area (Å²) in [6.07, 6.45) is 3.62. The number of nitrogens with one attached hydrogen (secondary N) is 2. The summed E-state index contributed by atoms with van der Waals surface area (Å²) in [5.74, 6) is -0.0862. The summed E-state index contributed by atoms with van der Waals surface area (Å²) in [4.78, 5) is 14.8. The summed E-state index contributed by atoms with van der Waals surface area (Å²) in [5.41, 5.74) is 3.12. The number of aliphatic hydroxyl groups is 2. The Morgan fingerprint density at radius 3 is 2.62 bits per heavy atom. The van der Waals surface area contributed by atoms with Crippen molar-refractivity contribution in [1.82, 2.24) is 15.5 Å². The van der Waals surface area contributed by atoms with Crippen molar-refractivity contribution in [3.63, 3.8) is 0 Å². The lowest BCUT2D eigenvalue weighted by atomic mass is 9.72. The third-order valence-electron chi connectivity index (χ3n) is 6.99. The van der Waals surface area contributed by atoms with Crippen molar-refractivity contribution in [3.05, 3.63) is 59.7 Å². The fourth-order valence-electron chi connectivity index (χ4n) is 5.12. The van der Waals surface area contributed by atoms with Crippen LogP contribution in [-0.2, 0) is 5.60 Å². The highest BCUT2D eigenvalue weighted by molar-refractivity contribution is 5.74. The van der Waals surface area contributed by atoms with Gasteiger partial charge < -0.3 is 25.7 Å². The molecule has 3 rings (SSSR count). The number of aryl methyl sites for hydroxylation is 1. The van der Waals surface area contributed by atoms with E-state index in [1.807, 2.05) is 37.1 Å². The van der Waals surface area contributed by atoms with Gasteiger partial charge in [-0.25, -0.2) is 4.79 Å². The van der Waals surface area contributed by atoms with Crippen LogP contribution < -0.4 is 10.6 Å². The molecule has 0 bridgehead atoms. The van der Waals surface area contributed by atoms with Crippen molar-refractivity contribution >= 4 is 6.03 Å². The molecule has 1 aliphatic heterocycles. The minimum Gasteiger partial charge on any atom is -0.396 e. The molecule has 34 heavy (non-hydrogen) atoms. The normalized spacial score (nSPS) is 18.9. The first-order chi connectivity index (χ1) is 16.4. The first-order valence-electron chi connectivity index (χ1n) is 12.6. The van der Waals surface area contributed by atoms with Crippen LogP contribution in [0.2, 0.25) is 0 Å². The highest BCUT2D eigenvalue weighted by Crippen LogP contribution is 2.43. The van der Waals surface area contributed by atoms with Gasteiger partial charge >= 0.3 is 6.03 Å². The van der Waals surface area contributed by atoms with Crippen molar-refractivity contribution in [1.29, 1.82) is 0 Å². The maximum Gasteiger partial charge on any atom is 0.317 e. The molecule has 3 atom stereocenters. The maximum atomic E-state index is 12.9. The second-order valence-corrected chi connectivity index (χ2v) is 9.71. The molecule has 0 aliphatic carbocycles. The van der Waals surface area contributed by atoms with Crippen LogP contribution in [0.1, 0.15) is 50.2 Å². The predicted molar refractivity (Wildman–Crippen MR) is 138 cm³/mol. The number of nitrogens with zero attached hydrogens (tertiary/aromatic N) is 1. The monoisotopic (exact) mass is 467 g/mol. The van der Waals surface area contributed by atoms with E-state index in [0.717, 1.165) is 36.0 Å². The van der Waals surface area contributed by atoms with E-state index in [1.165, 1.54) is 5.56 Å². The van der Waals surface area contributed by atoms with Crippen molar-refractivity contribution in [2.75, 3.05) is 33.3 Å². The van der Waals surface area contributed by atoms with Crippen LogP contribution in [0.4, 0.5) is 4.79 Å². The van der Waals surface area contributed by atoms with Crippen LogP contribution in [-0.4, -0.2) is 60.5 Å². The van der Waals surface area contributed by atoms with Gasteiger partial charge in [-0.3, -0.25) is 0 Å². The Morgan fingerprint density at radius 2 is 1.91 bits per heavy atom. The number of aliphatic hydroxyl groups excluding tert-OH is 1. The molecule has 1 saturated heterocycles. The van der Waals surface area contributed by atoms with Gasteiger partial charge in [0, 0.05) is 38.2 Å². The fraction of sp³-hybridized carbons (Fsp3) is 0.536. The summed E-state index contributed by atoms with van der Waals surface area (Å²) < 4.78 is 0. The van der Waals surface area contributed by atoms with Crippen LogP contribution in [0.5, 0.6) is 0 Å². The summed E-state index contributed by atoms with van der Waals surface area (Å²) in [6, 6.07) is 16.4. The molecule has 186 valence electrons. The van der Waals surface area contributed by atoms with E-state index in [2.05, 4.69) is 47.9 Å². The van der Waals surface area contributed by atoms with Crippen LogP contribution in [0, 0.1) is 12.8 Å². The number of carbonyl (C=O) groups excluding carboxylic acids is 1. The van der Waals surface area contributed by atoms with E-state index in [9.17, 15) is 15.0 Å². The average Bonchev–Trinajstić information content (AvgIpc) is 2.85. The van der Waals surface area contributed by atoms with Crippen molar-refractivity contribution in [2.45, 2.75) is 57.6 Å². The number of piperidine rings is 1. The number of rotatable bonds is 10. The first-order valence-corrected chi connectivity index (χ1v) is 12.6. The quantitative estimate of drug-likeness (QED) is 0.397. The summed E-state index contributed by atoms with van der Waals surface area (Å²) in [7, 11) is 1.87. The van der Waals surface area contributed by atoms with E-state index in [-0.39, 0.29) is 24.6 Å². The molecule has 0 unspecified atom stereocenters. The van der Waals surface area contributed by atoms with Gasteiger partial charge in [-0.1, -0.05) is 54.1 Å². The Balaban J connectivity index is 1.92. The number of likely N-dealkylation sites (tertiary alicyclic amines) is 1. The van der Waals surface area contributed by atoms with Crippen LogP contribution in [0.25, 0.3) is 11.1 Å². The lowest BCUT2D eigenvalue weighted by Gasteiger charge is -2.43. The number of hydrogen-bond donors (Lipinski definition) is 4. The zero-order chi connectivity index (χ0) is 24.6. The Labute approximate surface area is 204 Å². The molecule has 6 nitrogen and oxygen atoms in total. The molecule has 4 N–H and O–H groups in total. The van der Waals surface area contributed by atoms with E-state index >= 15 is 0 Å². The number of urea groups is 1. The SMILES string of the molecule is CNC[C@H](C)NC(=O)N1CCC[C@@H]([C@@](O)(CCCCO)c2ccccc2-c2ccc(C)cc2)C1. The Morgan fingerprint density at radius 1 is 1.18 bits per heavy atom. The van der Waals surface area contributed by atoms with E-state index in [0.29, 0.717) is 32.5 Å². The molecular weight excluding hydrogens is 426 g/mol. The van der Waals surface area contributed by atoms with Crippen LogP contribution in [0.15, 0.2) is 48.5 Å². The molecule has 1 fully saturated rings. The fourth-order valence-corrected chi connectivity index (χ4v) is 5.12. The molecule has 1 aliphatic rings. The van der Waals surface area contributed by atoms with E-state index < -0.39 is 5.60 Å². The van der Waals surface area contributed by atoms with E-state index in [1.54, 1.807) is 0 Å². The summed E-state index contributed by atoms with van der Waals surface area (Å²) in [6.45, 7) is 6.08. The molecule has 0 spiro atoms. The van der Waals surface area contributed by atoms with Crippen molar-refractivity contribution < 1.29 is 15.0 Å². The maximum absolute atomic E-state index is 12.9. The lowest BCUT2D eigenvalue weighted by molar-refractivity contribution is -0.0556. The zero-order valence-electron chi connectivity index (χ0n) is 20.9. The molecular formula is C28H41N3O3. The minimum atomic E-state index is -1.09. The molecule has 2 aromatic rings. The van der Waals surface area contributed by atoms with Gasteiger partial charge in [0.2, 0.25) is 0 Å².